The minimum absolute atomic E-state index is 0.141. The Morgan fingerprint density at radius 3 is 2.43 bits per heavy atom. The van der Waals surface area contributed by atoms with Gasteiger partial charge in [-0.3, -0.25) is 4.79 Å². The molecule has 0 bridgehead atoms. The van der Waals surface area contributed by atoms with Crippen LogP contribution in [0.3, 0.4) is 0 Å². The SMILES string of the molecule is O=C(O)C[C@@H]1[C@@H](CO)[C@H](OC(=O)c2ccccc2)C[C@@H]1O. The monoisotopic (exact) mass is 294 g/mol. The van der Waals surface area contributed by atoms with E-state index in [-0.39, 0.29) is 19.4 Å². The molecule has 2 rings (SSSR count). The van der Waals surface area contributed by atoms with Gasteiger partial charge in [0.2, 0.25) is 0 Å². The summed E-state index contributed by atoms with van der Waals surface area (Å²) in [5.41, 5.74) is 0.380. The molecule has 4 atom stereocenters. The van der Waals surface area contributed by atoms with E-state index in [4.69, 9.17) is 9.84 Å². The lowest BCUT2D eigenvalue weighted by atomic mass is 9.91. The highest BCUT2D eigenvalue weighted by Crippen LogP contribution is 2.36. The summed E-state index contributed by atoms with van der Waals surface area (Å²) in [7, 11) is 0. The maximum Gasteiger partial charge on any atom is 0.338 e. The van der Waals surface area contributed by atoms with Gasteiger partial charge in [0.15, 0.2) is 0 Å². The lowest BCUT2D eigenvalue weighted by molar-refractivity contribution is -0.139. The Bertz CT molecular complexity index is 500. The summed E-state index contributed by atoms with van der Waals surface area (Å²) in [6, 6.07) is 8.40. The first-order valence-electron chi connectivity index (χ1n) is 6.79. The van der Waals surface area contributed by atoms with E-state index in [1.165, 1.54) is 0 Å². The first-order chi connectivity index (χ1) is 10.0. The number of benzene rings is 1. The van der Waals surface area contributed by atoms with Crippen molar-refractivity contribution in [2.24, 2.45) is 11.8 Å². The Balaban J connectivity index is 2.06. The van der Waals surface area contributed by atoms with Crippen LogP contribution in [0.2, 0.25) is 0 Å². The van der Waals surface area contributed by atoms with Crippen LogP contribution in [0, 0.1) is 11.8 Å². The van der Waals surface area contributed by atoms with Gasteiger partial charge in [-0.15, -0.1) is 0 Å². The predicted octanol–water partition coefficient (Wildman–Crippen LogP) is 0.676. The van der Waals surface area contributed by atoms with E-state index >= 15 is 0 Å². The van der Waals surface area contributed by atoms with Crippen molar-refractivity contribution in [3.63, 3.8) is 0 Å². The third-order valence-corrected chi connectivity index (χ3v) is 3.88. The summed E-state index contributed by atoms with van der Waals surface area (Å²) < 4.78 is 5.33. The van der Waals surface area contributed by atoms with E-state index in [0.717, 1.165) is 0 Å². The fourth-order valence-electron chi connectivity index (χ4n) is 2.81. The summed E-state index contributed by atoms with van der Waals surface area (Å²) in [6.45, 7) is -0.332. The number of aliphatic hydroxyl groups excluding tert-OH is 2. The Morgan fingerprint density at radius 2 is 1.86 bits per heavy atom. The number of ether oxygens (including phenoxy) is 1. The molecule has 6 nitrogen and oxygen atoms in total. The highest BCUT2D eigenvalue weighted by molar-refractivity contribution is 5.89. The maximum atomic E-state index is 12.0. The molecule has 0 radical (unpaired) electrons. The number of aliphatic hydroxyl groups is 2. The Morgan fingerprint density at radius 1 is 1.19 bits per heavy atom. The molecule has 0 aliphatic heterocycles. The number of carbonyl (C=O) groups excluding carboxylic acids is 1. The molecule has 0 heterocycles. The van der Waals surface area contributed by atoms with Crippen LogP contribution in [0.4, 0.5) is 0 Å². The molecular formula is C15H18O6. The Hall–Kier alpha value is -1.92. The van der Waals surface area contributed by atoms with Crippen LogP contribution in [0.15, 0.2) is 30.3 Å². The number of carbonyl (C=O) groups is 2. The van der Waals surface area contributed by atoms with Gasteiger partial charge >= 0.3 is 11.9 Å². The van der Waals surface area contributed by atoms with Crippen molar-refractivity contribution in [3.05, 3.63) is 35.9 Å². The second-order valence-electron chi connectivity index (χ2n) is 5.22. The van der Waals surface area contributed by atoms with Crippen LogP contribution in [-0.4, -0.2) is 46.1 Å². The molecule has 1 aliphatic rings. The van der Waals surface area contributed by atoms with Gasteiger partial charge in [0.05, 0.1) is 18.1 Å². The van der Waals surface area contributed by atoms with Gasteiger partial charge in [-0.05, 0) is 12.1 Å². The summed E-state index contributed by atoms with van der Waals surface area (Å²) in [6.07, 6.45) is -1.69. The number of carboxylic acids is 1. The number of esters is 1. The minimum Gasteiger partial charge on any atom is -0.481 e. The van der Waals surface area contributed by atoms with Crippen molar-refractivity contribution in [1.82, 2.24) is 0 Å². The molecule has 0 aromatic heterocycles. The van der Waals surface area contributed by atoms with E-state index in [1.807, 2.05) is 0 Å². The zero-order chi connectivity index (χ0) is 15.4. The van der Waals surface area contributed by atoms with Crippen molar-refractivity contribution in [2.75, 3.05) is 6.61 Å². The van der Waals surface area contributed by atoms with Crippen molar-refractivity contribution < 1.29 is 29.6 Å². The van der Waals surface area contributed by atoms with E-state index in [9.17, 15) is 19.8 Å². The molecule has 1 saturated carbocycles. The molecule has 1 aliphatic carbocycles. The quantitative estimate of drug-likeness (QED) is 0.690. The average molecular weight is 294 g/mol. The van der Waals surface area contributed by atoms with Crippen molar-refractivity contribution >= 4 is 11.9 Å². The fourth-order valence-corrected chi connectivity index (χ4v) is 2.81. The molecule has 0 spiro atoms. The first-order valence-corrected chi connectivity index (χ1v) is 6.79. The van der Waals surface area contributed by atoms with E-state index in [0.29, 0.717) is 5.56 Å². The second-order valence-corrected chi connectivity index (χ2v) is 5.22. The molecule has 114 valence electrons. The van der Waals surface area contributed by atoms with Gasteiger partial charge in [0.25, 0.3) is 0 Å². The highest BCUT2D eigenvalue weighted by Gasteiger charge is 2.45. The minimum atomic E-state index is -1.05. The fraction of sp³-hybridized carbons (Fsp3) is 0.467. The van der Waals surface area contributed by atoms with Crippen LogP contribution in [0.25, 0.3) is 0 Å². The van der Waals surface area contributed by atoms with Crippen LogP contribution < -0.4 is 0 Å². The van der Waals surface area contributed by atoms with Crippen LogP contribution in [0.1, 0.15) is 23.2 Å². The summed E-state index contributed by atoms with van der Waals surface area (Å²) in [5.74, 6) is -2.76. The average Bonchev–Trinajstić information content (AvgIpc) is 2.74. The number of aliphatic carboxylic acids is 1. The topological polar surface area (TPSA) is 104 Å². The lowest BCUT2D eigenvalue weighted by Gasteiger charge is -2.22. The summed E-state index contributed by atoms with van der Waals surface area (Å²) in [5, 5.41) is 28.2. The predicted molar refractivity (Wildman–Crippen MR) is 72.6 cm³/mol. The van der Waals surface area contributed by atoms with Crippen LogP contribution in [0.5, 0.6) is 0 Å². The summed E-state index contributed by atoms with van der Waals surface area (Å²) >= 11 is 0. The molecule has 1 aromatic carbocycles. The Kier molecular flexibility index (Phi) is 4.93. The van der Waals surface area contributed by atoms with Gasteiger partial charge in [-0.25, -0.2) is 4.79 Å². The van der Waals surface area contributed by atoms with E-state index in [2.05, 4.69) is 0 Å². The molecule has 1 fully saturated rings. The number of rotatable bonds is 5. The number of carboxylic acid groups (broad SMARTS) is 1. The molecule has 1 aromatic rings. The van der Waals surface area contributed by atoms with Gasteiger partial charge in [0, 0.05) is 24.9 Å². The molecule has 0 unspecified atom stereocenters. The van der Waals surface area contributed by atoms with Gasteiger partial charge in [-0.2, -0.15) is 0 Å². The third-order valence-electron chi connectivity index (χ3n) is 3.88. The normalized spacial score (nSPS) is 28.3. The molecule has 21 heavy (non-hydrogen) atoms. The van der Waals surface area contributed by atoms with Crippen LogP contribution in [-0.2, 0) is 9.53 Å². The standard InChI is InChI=1S/C15H18O6/c16-8-11-10(6-14(18)19)12(17)7-13(11)21-15(20)9-4-2-1-3-5-9/h1-5,10-13,16-17H,6-8H2,(H,18,19)/t10-,11-,12+,13-/m1/s1. The van der Waals surface area contributed by atoms with Gasteiger partial charge < -0.3 is 20.1 Å². The van der Waals surface area contributed by atoms with Crippen molar-refractivity contribution in [3.8, 4) is 0 Å². The van der Waals surface area contributed by atoms with Gasteiger partial charge in [-0.1, -0.05) is 18.2 Å². The Labute approximate surface area is 122 Å². The molecular weight excluding hydrogens is 276 g/mol. The van der Waals surface area contributed by atoms with E-state index < -0.39 is 36.0 Å². The smallest absolute Gasteiger partial charge is 0.338 e. The van der Waals surface area contributed by atoms with E-state index in [1.54, 1.807) is 30.3 Å². The van der Waals surface area contributed by atoms with Crippen molar-refractivity contribution in [2.45, 2.75) is 25.0 Å². The lowest BCUT2D eigenvalue weighted by Crippen LogP contribution is -2.30. The first kappa shape index (κ1) is 15.5. The van der Waals surface area contributed by atoms with Crippen LogP contribution >= 0.6 is 0 Å². The molecule has 0 amide bonds. The highest BCUT2D eigenvalue weighted by atomic mass is 16.5. The zero-order valence-corrected chi connectivity index (χ0v) is 11.4. The molecule has 3 N–H and O–H groups in total. The maximum absolute atomic E-state index is 12.0. The third kappa shape index (κ3) is 3.59. The van der Waals surface area contributed by atoms with Crippen molar-refractivity contribution in [1.29, 1.82) is 0 Å². The molecule has 0 saturated heterocycles. The van der Waals surface area contributed by atoms with Gasteiger partial charge in [0.1, 0.15) is 6.10 Å². The largest absolute Gasteiger partial charge is 0.481 e. The summed E-state index contributed by atoms with van der Waals surface area (Å²) in [4.78, 5) is 22.8. The number of hydrogen-bond acceptors (Lipinski definition) is 5. The second kappa shape index (κ2) is 6.69. The molecule has 6 heteroatoms. The zero-order valence-electron chi connectivity index (χ0n) is 11.4. The number of hydrogen-bond donors (Lipinski definition) is 3.